The van der Waals surface area contributed by atoms with E-state index in [1.807, 2.05) is 35.0 Å². The summed E-state index contributed by atoms with van der Waals surface area (Å²) in [5.41, 5.74) is 2.46. The summed E-state index contributed by atoms with van der Waals surface area (Å²) in [6.45, 7) is 3.39. The zero-order chi connectivity index (χ0) is 19.2. The minimum Gasteiger partial charge on any atom is -0.311 e. The molecule has 1 saturated heterocycles. The fourth-order valence-corrected chi connectivity index (χ4v) is 3.80. The molecule has 28 heavy (non-hydrogen) atoms. The molecule has 3 aromatic rings. The van der Waals surface area contributed by atoms with Crippen molar-refractivity contribution in [1.82, 2.24) is 14.7 Å². The third-order valence-corrected chi connectivity index (χ3v) is 5.27. The molecular formula is C23H26N4O. The predicted molar refractivity (Wildman–Crippen MR) is 111 cm³/mol. The highest BCUT2D eigenvalue weighted by atomic mass is 16.2. The Bertz CT molecular complexity index is 891. The maximum atomic E-state index is 12.9. The standard InChI is InChI=1S/C23H26N4O/c28-23(21-12-7-15-26(18-21)16-19-8-3-1-4-9-19)25-22-13-14-24-27(22)17-20-10-5-2-6-11-20/h1-6,8-11,13-14,21H,7,12,15-18H2,(H,25,28). The van der Waals surface area contributed by atoms with Crippen molar-refractivity contribution in [3.63, 3.8) is 0 Å². The second kappa shape index (κ2) is 8.85. The minimum absolute atomic E-state index is 0.0116. The number of nitrogens with one attached hydrogen (secondary N) is 1. The van der Waals surface area contributed by atoms with Crippen LogP contribution in [0.3, 0.4) is 0 Å². The summed E-state index contributed by atoms with van der Waals surface area (Å²) in [5, 5.41) is 7.47. The molecule has 1 atom stereocenters. The highest BCUT2D eigenvalue weighted by Gasteiger charge is 2.26. The maximum absolute atomic E-state index is 12.9. The zero-order valence-corrected chi connectivity index (χ0v) is 16.0. The van der Waals surface area contributed by atoms with Gasteiger partial charge in [-0.25, -0.2) is 4.68 Å². The summed E-state index contributed by atoms with van der Waals surface area (Å²) in [6.07, 6.45) is 3.72. The van der Waals surface area contributed by atoms with Gasteiger partial charge in [-0.3, -0.25) is 9.69 Å². The lowest BCUT2D eigenvalue weighted by Gasteiger charge is -2.32. The number of amides is 1. The van der Waals surface area contributed by atoms with Crippen LogP contribution in [0.2, 0.25) is 0 Å². The second-order valence-electron chi connectivity index (χ2n) is 7.41. The van der Waals surface area contributed by atoms with Gasteiger partial charge in [0.15, 0.2) is 0 Å². The molecule has 0 radical (unpaired) electrons. The fourth-order valence-electron chi connectivity index (χ4n) is 3.80. The Balaban J connectivity index is 1.37. The lowest BCUT2D eigenvalue weighted by molar-refractivity contribution is -0.121. The molecule has 0 spiro atoms. The molecule has 1 unspecified atom stereocenters. The van der Waals surface area contributed by atoms with E-state index in [0.29, 0.717) is 6.54 Å². The molecule has 1 aliphatic heterocycles. The first kappa shape index (κ1) is 18.4. The number of nitrogens with zero attached hydrogens (tertiary/aromatic N) is 3. The first-order valence-corrected chi connectivity index (χ1v) is 9.91. The van der Waals surface area contributed by atoms with Crippen LogP contribution in [-0.4, -0.2) is 33.7 Å². The molecule has 1 aromatic heterocycles. The Morgan fingerprint density at radius 2 is 1.64 bits per heavy atom. The molecule has 1 fully saturated rings. The maximum Gasteiger partial charge on any atom is 0.229 e. The molecule has 144 valence electrons. The Labute approximate surface area is 166 Å². The fraction of sp³-hybridized carbons (Fsp3) is 0.304. The van der Waals surface area contributed by atoms with Crippen molar-refractivity contribution in [2.45, 2.75) is 25.9 Å². The molecule has 0 bridgehead atoms. The third-order valence-electron chi connectivity index (χ3n) is 5.27. The number of rotatable bonds is 6. The summed E-state index contributed by atoms with van der Waals surface area (Å²) < 4.78 is 1.85. The normalized spacial score (nSPS) is 17.4. The van der Waals surface area contributed by atoms with E-state index in [2.05, 4.69) is 51.7 Å². The van der Waals surface area contributed by atoms with E-state index in [1.54, 1.807) is 6.20 Å². The van der Waals surface area contributed by atoms with Gasteiger partial charge in [-0.1, -0.05) is 60.7 Å². The lowest BCUT2D eigenvalue weighted by Crippen LogP contribution is -2.40. The summed E-state index contributed by atoms with van der Waals surface area (Å²) >= 11 is 0. The van der Waals surface area contributed by atoms with Crippen molar-refractivity contribution in [2.24, 2.45) is 5.92 Å². The average Bonchev–Trinajstić information content (AvgIpc) is 3.16. The van der Waals surface area contributed by atoms with Crippen LogP contribution in [0.5, 0.6) is 0 Å². The van der Waals surface area contributed by atoms with Crippen LogP contribution in [0.15, 0.2) is 72.9 Å². The van der Waals surface area contributed by atoms with E-state index in [9.17, 15) is 4.79 Å². The Hall–Kier alpha value is -2.92. The summed E-state index contributed by atoms with van der Waals surface area (Å²) in [4.78, 5) is 15.3. The quantitative estimate of drug-likeness (QED) is 0.714. The molecule has 0 saturated carbocycles. The summed E-state index contributed by atoms with van der Waals surface area (Å²) in [6, 6.07) is 22.5. The van der Waals surface area contributed by atoms with Gasteiger partial charge < -0.3 is 5.32 Å². The van der Waals surface area contributed by atoms with Gasteiger partial charge in [0, 0.05) is 19.2 Å². The van der Waals surface area contributed by atoms with Crippen molar-refractivity contribution in [2.75, 3.05) is 18.4 Å². The Morgan fingerprint density at radius 3 is 2.36 bits per heavy atom. The Kier molecular flexibility index (Phi) is 5.83. The number of carbonyl (C=O) groups is 1. The third kappa shape index (κ3) is 4.67. The number of aromatic nitrogens is 2. The van der Waals surface area contributed by atoms with Gasteiger partial charge in [-0.2, -0.15) is 5.10 Å². The zero-order valence-electron chi connectivity index (χ0n) is 16.0. The van der Waals surface area contributed by atoms with Gasteiger partial charge in [0.2, 0.25) is 5.91 Å². The molecule has 5 nitrogen and oxygen atoms in total. The van der Waals surface area contributed by atoms with Crippen molar-refractivity contribution in [3.8, 4) is 0 Å². The van der Waals surface area contributed by atoms with Crippen LogP contribution < -0.4 is 5.32 Å². The number of hydrogen-bond acceptors (Lipinski definition) is 3. The summed E-state index contributed by atoms with van der Waals surface area (Å²) in [7, 11) is 0. The second-order valence-corrected chi connectivity index (χ2v) is 7.41. The smallest absolute Gasteiger partial charge is 0.229 e. The molecule has 1 aliphatic rings. The van der Waals surface area contributed by atoms with Crippen LogP contribution in [0.1, 0.15) is 24.0 Å². The number of likely N-dealkylation sites (tertiary alicyclic amines) is 1. The molecular weight excluding hydrogens is 348 g/mol. The van der Waals surface area contributed by atoms with Crippen molar-refractivity contribution >= 4 is 11.7 Å². The number of benzene rings is 2. The molecule has 4 rings (SSSR count). The van der Waals surface area contributed by atoms with E-state index < -0.39 is 0 Å². The van der Waals surface area contributed by atoms with E-state index in [4.69, 9.17) is 0 Å². The molecule has 2 heterocycles. The monoisotopic (exact) mass is 374 g/mol. The lowest BCUT2D eigenvalue weighted by atomic mass is 9.96. The van der Waals surface area contributed by atoms with Crippen molar-refractivity contribution < 1.29 is 4.79 Å². The topological polar surface area (TPSA) is 50.2 Å². The first-order valence-electron chi connectivity index (χ1n) is 9.91. The van der Waals surface area contributed by atoms with Crippen LogP contribution in [-0.2, 0) is 17.9 Å². The minimum atomic E-state index is 0.0116. The van der Waals surface area contributed by atoms with Gasteiger partial charge >= 0.3 is 0 Å². The van der Waals surface area contributed by atoms with Gasteiger partial charge in [0.25, 0.3) is 0 Å². The summed E-state index contributed by atoms with van der Waals surface area (Å²) in [5.74, 6) is 0.860. The number of piperidine rings is 1. The average molecular weight is 374 g/mol. The molecule has 1 amide bonds. The van der Waals surface area contributed by atoms with E-state index in [0.717, 1.165) is 43.9 Å². The van der Waals surface area contributed by atoms with Crippen molar-refractivity contribution in [3.05, 3.63) is 84.1 Å². The largest absolute Gasteiger partial charge is 0.311 e. The predicted octanol–water partition coefficient (Wildman–Crippen LogP) is 3.78. The van der Waals surface area contributed by atoms with Gasteiger partial charge in [0.05, 0.1) is 18.7 Å². The number of hydrogen-bond donors (Lipinski definition) is 1. The number of carbonyl (C=O) groups excluding carboxylic acids is 1. The van der Waals surface area contributed by atoms with Crippen LogP contribution in [0, 0.1) is 5.92 Å². The Morgan fingerprint density at radius 1 is 0.964 bits per heavy atom. The van der Waals surface area contributed by atoms with Crippen molar-refractivity contribution in [1.29, 1.82) is 0 Å². The van der Waals surface area contributed by atoms with E-state index in [1.165, 1.54) is 5.56 Å². The molecule has 5 heteroatoms. The highest BCUT2D eigenvalue weighted by molar-refractivity contribution is 5.92. The SMILES string of the molecule is O=C(Nc1ccnn1Cc1ccccc1)C1CCCN(Cc2ccccc2)C1. The van der Waals surface area contributed by atoms with Gasteiger partial charge in [0.1, 0.15) is 5.82 Å². The van der Waals surface area contributed by atoms with Gasteiger partial charge in [-0.15, -0.1) is 0 Å². The number of anilines is 1. The van der Waals surface area contributed by atoms with E-state index in [-0.39, 0.29) is 11.8 Å². The van der Waals surface area contributed by atoms with Gasteiger partial charge in [-0.05, 0) is 30.5 Å². The highest BCUT2D eigenvalue weighted by Crippen LogP contribution is 2.21. The van der Waals surface area contributed by atoms with E-state index >= 15 is 0 Å². The molecule has 0 aliphatic carbocycles. The van der Waals surface area contributed by atoms with Crippen LogP contribution in [0.25, 0.3) is 0 Å². The van der Waals surface area contributed by atoms with Crippen LogP contribution in [0.4, 0.5) is 5.82 Å². The first-order chi connectivity index (χ1) is 13.8. The molecule has 1 N–H and O–H groups in total. The molecule has 2 aromatic carbocycles. The van der Waals surface area contributed by atoms with Crippen LogP contribution >= 0.6 is 0 Å².